The molecule has 0 aliphatic carbocycles. The van der Waals surface area contributed by atoms with Crippen LogP contribution < -0.4 is 0 Å². The fourth-order valence-electron chi connectivity index (χ4n) is 0. The van der Waals surface area contributed by atoms with E-state index in [2.05, 4.69) is 6.58 Å². The second-order valence-electron chi connectivity index (χ2n) is 0.542. The van der Waals surface area contributed by atoms with Crippen LogP contribution in [0.15, 0.2) is 12.7 Å². The van der Waals surface area contributed by atoms with Crippen molar-refractivity contribution in [3.8, 4) is 0 Å². The van der Waals surface area contributed by atoms with Crippen molar-refractivity contribution in [1.29, 1.82) is 0 Å². The zero-order valence-corrected chi connectivity index (χ0v) is 6.82. The van der Waals surface area contributed by atoms with Crippen molar-refractivity contribution in [2.24, 2.45) is 0 Å². The van der Waals surface area contributed by atoms with E-state index in [0.717, 1.165) is 6.08 Å². The zero-order valence-electron chi connectivity index (χ0n) is 5.35. The van der Waals surface area contributed by atoms with Gasteiger partial charge in [0.15, 0.2) is 0 Å². The van der Waals surface area contributed by atoms with Crippen LogP contribution in [0, 0.1) is 0 Å². The Balaban J connectivity index is -0.0000000267. The second-order valence-corrected chi connectivity index (χ2v) is 0.542. The van der Waals surface area contributed by atoms with Crippen molar-refractivity contribution in [3.05, 3.63) is 12.7 Å². The first-order valence-corrected chi connectivity index (χ1v) is 1.12. The summed E-state index contributed by atoms with van der Waals surface area (Å²) >= 11 is 0. The van der Waals surface area contributed by atoms with Crippen LogP contribution >= 0.6 is 0 Å². The van der Waals surface area contributed by atoms with Crippen molar-refractivity contribution in [1.82, 2.24) is 0 Å². The first-order chi connectivity index (χ1) is 2.27. The summed E-state index contributed by atoms with van der Waals surface area (Å²) < 4.78 is 0. The summed E-state index contributed by atoms with van der Waals surface area (Å²) in [5, 5.41) is 7.60. The van der Waals surface area contributed by atoms with E-state index in [1.165, 1.54) is 0 Å². The Morgan fingerprint density at radius 3 is 2.17 bits per heavy atom. The topological polar surface area (TPSA) is 37.3 Å². The largest absolute Gasteiger partial charge is 2.00 e. The van der Waals surface area contributed by atoms with E-state index in [-0.39, 0.29) is 48.3 Å². The van der Waals surface area contributed by atoms with Gasteiger partial charge in [-0.15, -0.1) is 0 Å². The molecule has 0 aliphatic rings. The Morgan fingerprint density at radius 1 is 2.00 bits per heavy atom. The Bertz CT molecular complexity index is 66.3. The predicted octanol–water partition coefficient (Wildman–Crippen LogP) is 0.101. The first-order valence-electron chi connectivity index (χ1n) is 1.12. The van der Waals surface area contributed by atoms with Gasteiger partial charge in [0.1, 0.15) is 0 Å². The Hall–Kier alpha value is 0.691. The number of hydrogen-bond donors (Lipinski definition) is 1. The number of carboxylic acid groups (broad SMARTS) is 1. The molecule has 0 aromatic rings. The smallest absolute Gasteiger partial charge is 1.00 e. The Labute approximate surface area is 76.1 Å². The van der Waals surface area contributed by atoms with Gasteiger partial charge in [0.25, 0.3) is 0 Å². The standard InChI is InChI=1S/C3H4O2.Sr.2H/c1-2-3(4)5;;;/h2H,1H2,(H,4,5);;;/q;+2;2*-1. The summed E-state index contributed by atoms with van der Waals surface area (Å²) in [7, 11) is 0. The number of hydrogen-bond acceptors (Lipinski definition) is 1. The van der Waals surface area contributed by atoms with Gasteiger partial charge in [-0.3, -0.25) is 0 Å². The molecule has 0 aliphatic heterocycles. The molecule has 0 fully saturated rings. The molecule has 6 heavy (non-hydrogen) atoms. The Morgan fingerprint density at radius 2 is 2.17 bits per heavy atom. The van der Waals surface area contributed by atoms with E-state index in [0.29, 0.717) is 0 Å². The number of carboxylic acids is 1. The summed E-state index contributed by atoms with van der Waals surface area (Å²) in [5.74, 6) is -0.981. The molecule has 1 N–H and O–H groups in total. The van der Waals surface area contributed by atoms with Gasteiger partial charge >= 0.3 is 51.5 Å². The van der Waals surface area contributed by atoms with Gasteiger partial charge in [-0.25, -0.2) is 4.79 Å². The molecule has 2 nitrogen and oxygen atoms in total. The van der Waals surface area contributed by atoms with Crippen molar-refractivity contribution < 1.29 is 12.8 Å². The van der Waals surface area contributed by atoms with Gasteiger partial charge in [0, 0.05) is 6.08 Å². The van der Waals surface area contributed by atoms with Gasteiger partial charge in [-0.05, 0) is 0 Å². The quantitative estimate of drug-likeness (QED) is 0.438. The normalized spacial score (nSPS) is 5.33. The van der Waals surface area contributed by atoms with E-state index in [1.54, 1.807) is 0 Å². The molecule has 0 spiro atoms. The van der Waals surface area contributed by atoms with Crippen LogP contribution in [0.1, 0.15) is 2.85 Å². The van der Waals surface area contributed by atoms with E-state index in [4.69, 9.17) is 5.11 Å². The first kappa shape index (κ1) is 9.85. The zero-order chi connectivity index (χ0) is 4.28. The molecule has 0 saturated heterocycles. The molecule has 0 heterocycles. The van der Waals surface area contributed by atoms with Crippen LogP contribution in [0.4, 0.5) is 0 Å². The summed E-state index contributed by atoms with van der Waals surface area (Å²) in [4.78, 5) is 9.25. The molecule has 0 unspecified atom stereocenters. The van der Waals surface area contributed by atoms with E-state index in [1.807, 2.05) is 0 Å². The maximum absolute atomic E-state index is 9.25. The molecule has 3 heteroatoms. The molecular formula is C3H6O2Sr. The Kier molecular flexibility index (Phi) is 9.34. The van der Waals surface area contributed by atoms with E-state index in [9.17, 15) is 4.79 Å². The second kappa shape index (κ2) is 5.69. The average molecular weight is 162 g/mol. The van der Waals surface area contributed by atoms with E-state index < -0.39 is 5.97 Å². The average Bonchev–Trinajstić information content (AvgIpc) is 1.38. The molecule has 0 saturated carbocycles. The van der Waals surface area contributed by atoms with E-state index >= 15 is 0 Å². The third kappa shape index (κ3) is 8.83. The molecule has 32 valence electrons. The van der Waals surface area contributed by atoms with Crippen LogP contribution in [0.2, 0.25) is 0 Å². The molecule has 0 aromatic carbocycles. The van der Waals surface area contributed by atoms with Crippen LogP contribution in [0.3, 0.4) is 0 Å². The van der Waals surface area contributed by atoms with Crippen molar-refractivity contribution in [3.63, 3.8) is 0 Å². The number of rotatable bonds is 1. The third-order valence-corrected chi connectivity index (χ3v) is 0.175. The number of carbonyl (C=O) groups is 1. The van der Waals surface area contributed by atoms with Gasteiger partial charge in [-0.1, -0.05) is 6.58 Å². The predicted molar refractivity (Wildman–Crippen MR) is 25.8 cm³/mol. The molecule has 0 amide bonds. The fourth-order valence-corrected chi connectivity index (χ4v) is 0. The van der Waals surface area contributed by atoms with Crippen LogP contribution in [0.25, 0.3) is 0 Å². The SMILES string of the molecule is C=CC(=O)O.[H-].[H-].[Sr+2]. The molecule has 0 aromatic heterocycles. The molecular weight excluding hydrogens is 156 g/mol. The minimum absolute atomic E-state index is 0. The molecule has 0 bridgehead atoms. The van der Waals surface area contributed by atoms with Crippen molar-refractivity contribution in [2.45, 2.75) is 0 Å². The summed E-state index contributed by atoms with van der Waals surface area (Å²) in [6.45, 7) is 2.96. The maximum atomic E-state index is 9.25. The fraction of sp³-hybridized carbons (Fsp3) is 0. The minimum atomic E-state index is -0.981. The van der Waals surface area contributed by atoms with Gasteiger partial charge in [0.05, 0.1) is 0 Å². The van der Waals surface area contributed by atoms with Crippen LogP contribution in [-0.4, -0.2) is 56.6 Å². The third-order valence-electron chi connectivity index (χ3n) is 0.175. The minimum Gasteiger partial charge on any atom is -1.00 e. The summed E-state index contributed by atoms with van der Waals surface area (Å²) in [5.41, 5.74) is 0. The monoisotopic (exact) mass is 162 g/mol. The van der Waals surface area contributed by atoms with Gasteiger partial charge in [0.2, 0.25) is 0 Å². The van der Waals surface area contributed by atoms with Gasteiger partial charge in [-0.2, -0.15) is 0 Å². The van der Waals surface area contributed by atoms with Crippen molar-refractivity contribution in [2.75, 3.05) is 0 Å². The van der Waals surface area contributed by atoms with Crippen LogP contribution in [0.5, 0.6) is 0 Å². The van der Waals surface area contributed by atoms with Crippen LogP contribution in [-0.2, 0) is 4.79 Å². The molecule has 0 radical (unpaired) electrons. The van der Waals surface area contributed by atoms with Gasteiger partial charge < -0.3 is 7.96 Å². The maximum Gasteiger partial charge on any atom is 2.00 e. The summed E-state index contributed by atoms with van der Waals surface area (Å²) in [6.07, 6.45) is 0.833. The number of aliphatic carboxylic acids is 1. The van der Waals surface area contributed by atoms with Crippen molar-refractivity contribution >= 4 is 51.5 Å². The molecule has 0 rings (SSSR count). The molecule has 0 atom stereocenters. The summed E-state index contributed by atoms with van der Waals surface area (Å²) in [6, 6.07) is 0.